The normalized spacial score (nSPS) is 12.6. The largest absolute Gasteiger partial charge is 0.494 e. The molecule has 0 radical (unpaired) electrons. The van der Waals surface area contributed by atoms with Crippen LogP contribution in [0.5, 0.6) is 5.75 Å². The van der Waals surface area contributed by atoms with Crippen molar-refractivity contribution in [2.45, 2.75) is 25.9 Å². The van der Waals surface area contributed by atoms with Gasteiger partial charge in [0.2, 0.25) is 5.91 Å². The van der Waals surface area contributed by atoms with Crippen LogP contribution in [-0.2, 0) is 11.0 Å². The fourth-order valence-electron chi connectivity index (χ4n) is 2.45. The first-order chi connectivity index (χ1) is 11.7. The van der Waals surface area contributed by atoms with Gasteiger partial charge in [-0.15, -0.1) is 0 Å². The van der Waals surface area contributed by atoms with Crippen LogP contribution in [0.2, 0.25) is 0 Å². The number of nitrogens with zero attached hydrogens (tertiary/aromatic N) is 1. The average molecular weight is 351 g/mol. The zero-order chi connectivity index (χ0) is 18.6. The van der Waals surface area contributed by atoms with E-state index in [1.165, 1.54) is 17.0 Å². The van der Waals surface area contributed by atoms with Gasteiger partial charge >= 0.3 is 6.18 Å². The van der Waals surface area contributed by atoms with E-state index in [1.54, 1.807) is 38.2 Å². The number of halogens is 3. The highest BCUT2D eigenvalue weighted by Crippen LogP contribution is 2.31. The summed E-state index contributed by atoms with van der Waals surface area (Å²) in [5.74, 6) is -0.0503. The smallest absolute Gasteiger partial charge is 0.416 e. The Labute approximate surface area is 145 Å². The summed E-state index contributed by atoms with van der Waals surface area (Å²) in [5.41, 5.74) is 0.499. The second kappa shape index (κ2) is 7.59. The molecule has 0 N–H and O–H groups in total. The van der Waals surface area contributed by atoms with Gasteiger partial charge < -0.3 is 9.64 Å². The fourth-order valence-corrected chi connectivity index (χ4v) is 2.45. The van der Waals surface area contributed by atoms with Crippen LogP contribution in [0.1, 0.15) is 30.9 Å². The molecule has 0 aromatic heterocycles. The van der Waals surface area contributed by atoms with Crippen LogP contribution >= 0.6 is 0 Å². The zero-order valence-electron chi connectivity index (χ0n) is 14.3. The summed E-state index contributed by atoms with van der Waals surface area (Å²) >= 11 is 0. The van der Waals surface area contributed by atoms with E-state index in [0.717, 1.165) is 12.1 Å². The summed E-state index contributed by atoms with van der Waals surface area (Å²) in [4.78, 5) is 14.1. The summed E-state index contributed by atoms with van der Waals surface area (Å²) in [6.07, 6.45) is -4.38. The van der Waals surface area contributed by atoms with Gasteiger partial charge in [0, 0.05) is 12.7 Å². The van der Waals surface area contributed by atoms with Crippen LogP contribution in [0.3, 0.4) is 0 Å². The number of likely N-dealkylation sites (N-methyl/N-ethyl adjacent to an activating group) is 1. The van der Waals surface area contributed by atoms with Crippen LogP contribution in [0.15, 0.2) is 48.5 Å². The molecule has 2 aromatic rings. The highest BCUT2D eigenvalue weighted by Gasteiger charge is 2.30. The highest BCUT2D eigenvalue weighted by molar-refractivity contribution is 5.97. The van der Waals surface area contributed by atoms with Crippen molar-refractivity contribution >= 4 is 11.6 Å². The number of anilines is 1. The molecule has 0 fully saturated rings. The quantitative estimate of drug-likeness (QED) is 0.769. The minimum absolute atomic E-state index is 0.205. The van der Waals surface area contributed by atoms with E-state index >= 15 is 0 Å². The third-order valence-corrected chi connectivity index (χ3v) is 3.97. The summed E-state index contributed by atoms with van der Waals surface area (Å²) < 4.78 is 43.3. The third-order valence-electron chi connectivity index (χ3n) is 3.97. The number of rotatable bonds is 5. The molecule has 0 saturated carbocycles. The van der Waals surface area contributed by atoms with Gasteiger partial charge in [0.15, 0.2) is 0 Å². The highest BCUT2D eigenvalue weighted by atomic mass is 19.4. The second-order valence-corrected chi connectivity index (χ2v) is 5.67. The van der Waals surface area contributed by atoms with Crippen LogP contribution < -0.4 is 9.64 Å². The molecule has 0 spiro atoms. The predicted molar refractivity (Wildman–Crippen MR) is 90.9 cm³/mol. The number of alkyl halides is 3. The van der Waals surface area contributed by atoms with Crippen molar-refractivity contribution in [2.24, 2.45) is 0 Å². The van der Waals surface area contributed by atoms with E-state index in [9.17, 15) is 18.0 Å². The Bertz CT molecular complexity index is 709. The van der Waals surface area contributed by atoms with Crippen LogP contribution in [-0.4, -0.2) is 19.6 Å². The molecule has 134 valence electrons. The van der Waals surface area contributed by atoms with E-state index in [4.69, 9.17) is 4.74 Å². The van der Waals surface area contributed by atoms with Gasteiger partial charge in [-0.05, 0) is 55.8 Å². The van der Waals surface area contributed by atoms with E-state index in [0.29, 0.717) is 23.6 Å². The molecule has 0 saturated heterocycles. The summed E-state index contributed by atoms with van der Waals surface area (Å²) in [5, 5.41) is 0. The van der Waals surface area contributed by atoms with Crippen LogP contribution in [0.4, 0.5) is 18.9 Å². The molecule has 1 amide bonds. The van der Waals surface area contributed by atoms with Gasteiger partial charge in [-0.25, -0.2) is 0 Å². The number of amides is 1. The molecule has 1 unspecified atom stereocenters. The van der Waals surface area contributed by atoms with Crippen molar-refractivity contribution in [3.05, 3.63) is 59.7 Å². The summed E-state index contributed by atoms with van der Waals surface area (Å²) in [6, 6.07) is 11.8. The molecule has 3 nitrogen and oxygen atoms in total. The van der Waals surface area contributed by atoms with Crippen molar-refractivity contribution in [1.82, 2.24) is 0 Å². The second-order valence-electron chi connectivity index (χ2n) is 5.67. The first kappa shape index (κ1) is 18.8. The summed E-state index contributed by atoms with van der Waals surface area (Å²) in [6.45, 7) is 4.12. The van der Waals surface area contributed by atoms with Gasteiger partial charge in [-0.3, -0.25) is 4.79 Å². The maximum absolute atomic E-state index is 12.6. The monoisotopic (exact) mass is 351 g/mol. The molecule has 0 aliphatic carbocycles. The Balaban J connectivity index is 2.12. The van der Waals surface area contributed by atoms with Crippen LogP contribution in [0.25, 0.3) is 0 Å². The van der Waals surface area contributed by atoms with Crippen LogP contribution in [0, 0.1) is 0 Å². The molecule has 0 aliphatic heterocycles. The van der Waals surface area contributed by atoms with Crippen molar-refractivity contribution in [3.8, 4) is 5.75 Å². The van der Waals surface area contributed by atoms with Crippen molar-refractivity contribution < 1.29 is 22.7 Å². The Morgan fingerprint density at radius 2 is 1.64 bits per heavy atom. The lowest BCUT2D eigenvalue weighted by Gasteiger charge is -2.22. The minimum atomic E-state index is -4.38. The SMILES string of the molecule is CCOc1ccc(N(C)C(=O)C(C)c2ccc(C(F)(F)F)cc2)cc1. The maximum Gasteiger partial charge on any atom is 0.416 e. The Hall–Kier alpha value is -2.50. The molecule has 0 bridgehead atoms. The maximum atomic E-state index is 12.6. The first-order valence-corrected chi connectivity index (χ1v) is 7.91. The van der Waals surface area contributed by atoms with Gasteiger partial charge in [0.1, 0.15) is 5.75 Å². The Morgan fingerprint density at radius 3 is 2.12 bits per heavy atom. The van der Waals surface area contributed by atoms with E-state index < -0.39 is 17.7 Å². The topological polar surface area (TPSA) is 29.5 Å². The molecule has 2 aromatic carbocycles. The van der Waals surface area contributed by atoms with Gasteiger partial charge in [0.05, 0.1) is 18.1 Å². The fraction of sp³-hybridized carbons (Fsp3) is 0.316. The first-order valence-electron chi connectivity index (χ1n) is 7.91. The average Bonchev–Trinajstić information content (AvgIpc) is 2.60. The third kappa shape index (κ3) is 4.53. The van der Waals surface area contributed by atoms with E-state index in [-0.39, 0.29) is 5.91 Å². The van der Waals surface area contributed by atoms with E-state index in [2.05, 4.69) is 0 Å². The van der Waals surface area contributed by atoms with Gasteiger partial charge in [0.25, 0.3) is 0 Å². The lowest BCUT2D eigenvalue weighted by molar-refractivity contribution is -0.137. The molecule has 0 aliphatic rings. The number of carbonyl (C=O) groups is 1. The molecule has 0 heterocycles. The van der Waals surface area contributed by atoms with Crippen molar-refractivity contribution in [3.63, 3.8) is 0 Å². The van der Waals surface area contributed by atoms with Crippen molar-refractivity contribution in [2.75, 3.05) is 18.6 Å². The number of carbonyl (C=O) groups excluding carboxylic acids is 1. The number of ether oxygens (including phenoxy) is 1. The van der Waals surface area contributed by atoms with Gasteiger partial charge in [-0.1, -0.05) is 12.1 Å². The Morgan fingerprint density at radius 1 is 1.08 bits per heavy atom. The van der Waals surface area contributed by atoms with Crippen molar-refractivity contribution in [1.29, 1.82) is 0 Å². The van der Waals surface area contributed by atoms with Gasteiger partial charge in [-0.2, -0.15) is 13.2 Å². The predicted octanol–water partition coefficient (Wildman–Crippen LogP) is 4.87. The lowest BCUT2D eigenvalue weighted by Crippen LogP contribution is -2.30. The molecule has 2 rings (SSSR count). The Kier molecular flexibility index (Phi) is 5.72. The molecule has 25 heavy (non-hydrogen) atoms. The number of hydrogen-bond acceptors (Lipinski definition) is 2. The zero-order valence-corrected chi connectivity index (χ0v) is 14.3. The van der Waals surface area contributed by atoms with E-state index in [1.807, 2.05) is 6.92 Å². The lowest BCUT2D eigenvalue weighted by atomic mass is 9.98. The number of hydrogen-bond donors (Lipinski definition) is 0. The standard InChI is InChI=1S/C19H20F3NO2/c1-4-25-17-11-9-16(10-12-17)23(3)18(24)13(2)14-5-7-15(8-6-14)19(20,21)22/h5-13H,4H2,1-3H3. The molecular formula is C19H20F3NO2. The molecule has 6 heteroatoms. The molecule has 1 atom stereocenters. The minimum Gasteiger partial charge on any atom is -0.494 e. The number of benzene rings is 2. The molecular weight excluding hydrogens is 331 g/mol. The summed E-state index contributed by atoms with van der Waals surface area (Å²) in [7, 11) is 1.64.